The van der Waals surface area contributed by atoms with Crippen LogP contribution in [0.25, 0.3) is 0 Å². The van der Waals surface area contributed by atoms with Crippen molar-refractivity contribution in [2.24, 2.45) is 0 Å². The standard InChI is InChI=1S/C10H11NO4S/c1-15-10(12)7-16-6-8-4-2-3-5-9(8)11(13)14/h2-5H,6-7H2,1H3. The molecule has 6 heteroatoms. The lowest BCUT2D eigenvalue weighted by Crippen LogP contribution is -2.03. The molecular formula is C10H11NO4S. The molecular weight excluding hydrogens is 230 g/mol. The maximum absolute atomic E-state index is 10.8. The summed E-state index contributed by atoms with van der Waals surface area (Å²) in [4.78, 5) is 21.1. The maximum atomic E-state index is 10.8. The van der Waals surface area contributed by atoms with Gasteiger partial charge in [-0.3, -0.25) is 14.9 Å². The van der Waals surface area contributed by atoms with Crippen LogP contribution in [0.3, 0.4) is 0 Å². The average molecular weight is 241 g/mol. The van der Waals surface area contributed by atoms with Crippen LogP contribution in [-0.2, 0) is 15.3 Å². The van der Waals surface area contributed by atoms with Gasteiger partial charge >= 0.3 is 5.97 Å². The van der Waals surface area contributed by atoms with E-state index in [2.05, 4.69) is 4.74 Å². The molecule has 0 N–H and O–H groups in total. The van der Waals surface area contributed by atoms with E-state index < -0.39 is 4.92 Å². The molecule has 86 valence electrons. The van der Waals surface area contributed by atoms with Crippen LogP contribution in [-0.4, -0.2) is 23.8 Å². The van der Waals surface area contributed by atoms with Crippen LogP contribution < -0.4 is 0 Å². The second kappa shape index (κ2) is 6.12. The fourth-order valence-electron chi connectivity index (χ4n) is 1.11. The SMILES string of the molecule is COC(=O)CSCc1ccccc1[N+](=O)[O-]. The fraction of sp³-hybridized carbons (Fsp3) is 0.300. The van der Waals surface area contributed by atoms with E-state index in [-0.39, 0.29) is 17.4 Å². The normalized spacial score (nSPS) is 9.81. The first-order chi connectivity index (χ1) is 7.65. The van der Waals surface area contributed by atoms with Crippen LogP contribution in [0.15, 0.2) is 24.3 Å². The first kappa shape index (κ1) is 12.5. The molecule has 0 saturated carbocycles. The van der Waals surface area contributed by atoms with Gasteiger partial charge in [0.25, 0.3) is 5.69 Å². The van der Waals surface area contributed by atoms with Crippen molar-refractivity contribution in [1.29, 1.82) is 0 Å². The highest BCUT2D eigenvalue weighted by atomic mass is 32.2. The van der Waals surface area contributed by atoms with Crippen molar-refractivity contribution < 1.29 is 14.5 Å². The zero-order chi connectivity index (χ0) is 12.0. The van der Waals surface area contributed by atoms with Crippen molar-refractivity contribution in [3.63, 3.8) is 0 Å². The summed E-state index contributed by atoms with van der Waals surface area (Å²) in [6.07, 6.45) is 0. The van der Waals surface area contributed by atoms with Crippen molar-refractivity contribution >= 4 is 23.4 Å². The molecule has 1 aromatic rings. The summed E-state index contributed by atoms with van der Waals surface area (Å²) >= 11 is 1.29. The number of esters is 1. The number of ether oxygens (including phenoxy) is 1. The van der Waals surface area contributed by atoms with Crippen LogP contribution >= 0.6 is 11.8 Å². The van der Waals surface area contributed by atoms with Gasteiger partial charge < -0.3 is 4.74 Å². The van der Waals surface area contributed by atoms with Gasteiger partial charge in [0.05, 0.1) is 17.8 Å². The number of benzene rings is 1. The number of rotatable bonds is 5. The Balaban J connectivity index is 2.60. The number of nitro benzene ring substituents is 1. The number of methoxy groups -OCH3 is 1. The van der Waals surface area contributed by atoms with Gasteiger partial charge in [0, 0.05) is 17.4 Å². The Morgan fingerprint density at radius 1 is 1.50 bits per heavy atom. The number of thioether (sulfide) groups is 1. The average Bonchev–Trinajstić information content (AvgIpc) is 2.29. The Hall–Kier alpha value is -1.56. The molecule has 5 nitrogen and oxygen atoms in total. The zero-order valence-corrected chi connectivity index (χ0v) is 9.53. The lowest BCUT2D eigenvalue weighted by atomic mass is 10.2. The maximum Gasteiger partial charge on any atom is 0.315 e. The first-order valence-electron chi connectivity index (χ1n) is 4.52. The predicted molar refractivity (Wildman–Crippen MR) is 61.3 cm³/mol. The second-order valence-corrected chi connectivity index (χ2v) is 3.94. The van der Waals surface area contributed by atoms with Gasteiger partial charge in [-0.25, -0.2) is 0 Å². The molecule has 0 unspecified atom stereocenters. The number of hydrogen-bond donors (Lipinski definition) is 0. The van der Waals surface area contributed by atoms with Crippen molar-refractivity contribution in [2.45, 2.75) is 5.75 Å². The highest BCUT2D eigenvalue weighted by Gasteiger charge is 2.12. The third-order valence-electron chi connectivity index (χ3n) is 1.89. The molecule has 0 bridgehead atoms. The number of carbonyl (C=O) groups excluding carboxylic acids is 1. The van der Waals surface area contributed by atoms with Crippen LogP contribution in [0.2, 0.25) is 0 Å². The summed E-state index contributed by atoms with van der Waals surface area (Å²) in [7, 11) is 1.31. The van der Waals surface area contributed by atoms with E-state index in [0.717, 1.165) is 0 Å². The van der Waals surface area contributed by atoms with Gasteiger partial charge in [-0.05, 0) is 0 Å². The summed E-state index contributed by atoms with van der Waals surface area (Å²) in [6.45, 7) is 0. The number of nitrogens with zero attached hydrogens (tertiary/aromatic N) is 1. The minimum absolute atomic E-state index is 0.0832. The quantitative estimate of drug-likeness (QED) is 0.448. The van der Waals surface area contributed by atoms with Crippen molar-refractivity contribution in [3.8, 4) is 0 Å². The number of carbonyl (C=O) groups is 1. The van der Waals surface area contributed by atoms with Crippen molar-refractivity contribution in [2.75, 3.05) is 12.9 Å². The Labute approximate surface area is 96.9 Å². The molecule has 0 heterocycles. The van der Waals surface area contributed by atoms with E-state index in [1.54, 1.807) is 18.2 Å². The van der Waals surface area contributed by atoms with Gasteiger partial charge in [0.15, 0.2) is 0 Å². The zero-order valence-electron chi connectivity index (χ0n) is 8.71. The monoisotopic (exact) mass is 241 g/mol. The Morgan fingerprint density at radius 3 is 2.81 bits per heavy atom. The molecule has 0 atom stereocenters. The van der Waals surface area contributed by atoms with Crippen molar-refractivity contribution in [3.05, 3.63) is 39.9 Å². The number of hydrogen-bond acceptors (Lipinski definition) is 5. The summed E-state index contributed by atoms with van der Waals surface area (Å²) in [6, 6.07) is 6.49. The van der Waals surface area contributed by atoms with E-state index in [0.29, 0.717) is 11.3 Å². The Morgan fingerprint density at radius 2 is 2.19 bits per heavy atom. The largest absolute Gasteiger partial charge is 0.468 e. The number of nitro groups is 1. The molecule has 0 fully saturated rings. The summed E-state index contributed by atoms with van der Waals surface area (Å²) < 4.78 is 4.47. The van der Waals surface area contributed by atoms with Crippen molar-refractivity contribution in [1.82, 2.24) is 0 Å². The molecule has 0 aliphatic carbocycles. The summed E-state index contributed by atoms with van der Waals surface area (Å²) in [5.74, 6) is 0.290. The van der Waals surface area contributed by atoms with E-state index in [1.165, 1.54) is 24.9 Å². The van der Waals surface area contributed by atoms with Crippen LogP contribution in [0.1, 0.15) is 5.56 Å². The molecule has 1 rings (SSSR count). The fourth-order valence-corrected chi connectivity index (χ4v) is 1.96. The molecule has 0 saturated heterocycles. The third kappa shape index (κ3) is 3.54. The Bertz CT molecular complexity index is 394. The van der Waals surface area contributed by atoms with Gasteiger partial charge in [0.2, 0.25) is 0 Å². The van der Waals surface area contributed by atoms with Gasteiger partial charge in [0.1, 0.15) is 0 Å². The smallest absolute Gasteiger partial charge is 0.315 e. The van der Waals surface area contributed by atoms with E-state index >= 15 is 0 Å². The molecule has 0 aromatic heterocycles. The topological polar surface area (TPSA) is 69.4 Å². The van der Waals surface area contributed by atoms with Gasteiger partial charge in [-0.2, -0.15) is 0 Å². The molecule has 0 amide bonds. The van der Waals surface area contributed by atoms with E-state index in [1.807, 2.05) is 0 Å². The first-order valence-corrected chi connectivity index (χ1v) is 5.67. The van der Waals surface area contributed by atoms with Gasteiger partial charge in [-0.15, -0.1) is 11.8 Å². The molecule has 0 aliphatic rings. The van der Waals surface area contributed by atoms with Crippen LogP contribution in [0, 0.1) is 10.1 Å². The Kier molecular flexibility index (Phi) is 4.78. The molecule has 0 spiro atoms. The molecule has 0 aliphatic heterocycles. The van der Waals surface area contributed by atoms with Gasteiger partial charge in [-0.1, -0.05) is 18.2 Å². The number of para-hydroxylation sites is 1. The molecule has 1 aromatic carbocycles. The molecule has 16 heavy (non-hydrogen) atoms. The minimum Gasteiger partial charge on any atom is -0.468 e. The highest BCUT2D eigenvalue weighted by Crippen LogP contribution is 2.22. The van der Waals surface area contributed by atoms with Crippen LogP contribution in [0.5, 0.6) is 0 Å². The minimum atomic E-state index is -0.423. The highest BCUT2D eigenvalue weighted by molar-refractivity contribution is 7.99. The van der Waals surface area contributed by atoms with E-state index in [4.69, 9.17) is 0 Å². The van der Waals surface area contributed by atoms with E-state index in [9.17, 15) is 14.9 Å². The van der Waals surface area contributed by atoms with Crippen LogP contribution in [0.4, 0.5) is 5.69 Å². The predicted octanol–water partition coefficient (Wildman–Crippen LogP) is 2.00. The third-order valence-corrected chi connectivity index (χ3v) is 2.85. The second-order valence-electron chi connectivity index (χ2n) is 2.95. The molecule has 0 radical (unpaired) electrons. The lowest BCUT2D eigenvalue weighted by Gasteiger charge is -2.02. The summed E-state index contributed by atoms with van der Waals surface area (Å²) in [5.41, 5.74) is 0.696. The summed E-state index contributed by atoms with van der Waals surface area (Å²) in [5, 5.41) is 10.7. The lowest BCUT2D eigenvalue weighted by molar-refractivity contribution is -0.385.